The summed E-state index contributed by atoms with van der Waals surface area (Å²) >= 11 is 2.86. The van der Waals surface area contributed by atoms with Crippen molar-refractivity contribution in [2.75, 3.05) is 125 Å². The highest BCUT2D eigenvalue weighted by atomic mass is 32.2. The number of aliphatic hydroxyl groups is 2. The van der Waals surface area contributed by atoms with Crippen LogP contribution in [0.15, 0.2) is 255 Å². The van der Waals surface area contributed by atoms with Crippen molar-refractivity contribution in [2.45, 2.75) is 103 Å². The lowest BCUT2D eigenvalue weighted by Gasteiger charge is -2.18. The topological polar surface area (TPSA) is 299 Å². The maximum Gasteiger partial charge on any atom is 0.123 e. The summed E-state index contributed by atoms with van der Waals surface area (Å²) < 4.78 is 169. The SMILES string of the molecule is COc1cc(COc2cc(COc3cc(CSCC(O)C(O)CSCc4cc(OCc5cc(OCc6cc(OC)cc(OC)c6)cc(OCc6cc(OC)cc(OC)c6)c5)cc(OCc5cc(OCc6cc(OC)cc(OC)c6)cc(OCc6cc(OC)cc(OC)c6)c5)c4)cc(OCc4cc(OCc5cc(OC)cc(OC)c5)cc(OCc5cc(OC)cc(OC)c5)c4)c3)cc(OCc3cc(OC)cc(OC)c3)c2)cc(OC)c1. The third-order valence-corrected chi connectivity index (χ3v) is 25.6. The van der Waals surface area contributed by atoms with Crippen LogP contribution in [0.3, 0.4) is 0 Å². The van der Waals surface area contributed by atoms with Crippen LogP contribution in [0.1, 0.15) is 77.9 Å². The van der Waals surface area contributed by atoms with Crippen molar-refractivity contribution in [1.82, 2.24) is 0 Å². The van der Waals surface area contributed by atoms with Gasteiger partial charge in [-0.1, -0.05) is 0 Å². The van der Waals surface area contributed by atoms with Crippen molar-refractivity contribution in [2.24, 2.45) is 0 Å². The molecule has 14 aromatic rings. The van der Waals surface area contributed by atoms with Gasteiger partial charge in [-0.25, -0.2) is 0 Å². The summed E-state index contributed by atoms with van der Waals surface area (Å²) in [7, 11) is 25.5. The van der Waals surface area contributed by atoms with E-state index in [9.17, 15) is 10.2 Å². The Bertz CT molecular complexity index is 5490. The second kappa shape index (κ2) is 55.8. The molecule has 0 amide bonds. The van der Waals surface area contributed by atoms with Gasteiger partial charge in [-0.05, 0) is 248 Å². The summed E-state index contributed by atoms with van der Waals surface area (Å²) in [6.07, 6.45) is -2.35. The highest BCUT2D eigenvalue weighted by molar-refractivity contribution is 7.98. The largest absolute Gasteiger partial charge is 0.497 e. The zero-order valence-corrected chi connectivity index (χ0v) is 88.5. The average molecular weight is 2090 g/mol. The minimum absolute atomic E-state index is 0.0420. The van der Waals surface area contributed by atoms with Crippen LogP contribution in [0.2, 0.25) is 0 Å². The van der Waals surface area contributed by atoms with E-state index in [4.69, 9.17) is 133 Å². The number of hydrogen-bond donors (Lipinski definition) is 2. The molecule has 0 heterocycles. The molecule has 14 aromatic carbocycles. The molecule has 150 heavy (non-hydrogen) atoms. The van der Waals surface area contributed by atoms with E-state index in [1.54, 1.807) is 162 Å². The Morgan fingerprint density at radius 2 is 0.220 bits per heavy atom. The molecule has 2 N–H and O–H groups in total. The standard InChI is InChI=1S/C118H126O30S2/c1-121-89-17-75(18-90(45-89)122-2)59-137-105-33-83(34-106(53-105)138-60-76-19-91(123-3)46-92(20-76)124-4)67-145-113-41-87(42-114(57-113)146-68-84-35-107(139-61-77-21-93(125-5)47-94(22-77)126-6)54-108(36-84)140-62-78-23-95(127-7)48-96(24-78)128-8)71-149-73-117(119)118(120)74-150-72-88-43-115(147-69-85-37-109(141-63-79-25-97(129-9)49-98(26-79)130-10)55-110(38-85)142-64-80-27-99(131-11)50-100(28-80)132-12)58-116(44-88)148-70-86-39-111(143-65-81-29-101(133-13)51-102(30-81)134-14)56-112(40-86)144-66-82-31-103(135-15)52-104(32-82)136-16/h17-58,117-120H,59-74H2,1-16H3. The Labute approximate surface area is 883 Å². The number of methoxy groups -OCH3 is 16. The molecule has 0 fully saturated rings. The Morgan fingerprint density at radius 1 is 0.133 bits per heavy atom. The monoisotopic (exact) mass is 2090 g/mol. The molecular formula is C118H126O30S2. The number of rotatable bonds is 61. The third-order valence-electron chi connectivity index (χ3n) is 23.4. The Kier molecular flexibility index (Phi) is 40.8. The van der Waals surface area contributed by atoms with Gasteiger partial charge < -0.3 is 143 Å². The number of ether oxygens (including phenoxy) is 28. The van der Waals surface area contributed by atoms with E-state index in [-0.39, 0.29) is 90.8 Å². The van der Waals surface area contributed by atoms with Crippen molar-refractivity contribution < 1.29 is 143 Å². The van der Waals surface area contributed by atoms with Crippen LogP contribution in [-0.4, -0.2) is 148 Å². The van der Waals surface area contributed by atoms with E-state index in [1.165, 1.54) is 23.5 Å². The lowest BCUT2D eigenvalue weighted by atomic mass is 10.2. The minimum atomic E-state index is -1.17. The molecule has 0 aliphatic rings. The van der Waals surface area contributed by atoms with Gasteiger partial charge in [0.2, 0.25) is 0 Å². The van der Waals surface area contributed by atoms with E-state index < -0.39 is 12.2 Å². The normalized spacial score (nSPS) is 11.3. The van der Waals surface area contributed by atoms with Gasteiger partial charge in [0.1, 0.15) is 240 Å². The van der Waals surface area contributed by atoms with Gasteiger partial charge in [0.15, 0.2) is 0 Å². The van der Waals surface area contributed by atoms with Gasteiger partial charge in [-0.2, -0.15) is 23.5 Å². The van der Waals surface area contributed by atoms with Crippen LogP contribution >= 0.6 is 23.5 Å². The van der Waals surface area contributed by atoms with Crippen molar-refractivity contribution in [3.63, 3.8) is 0 Å². The van der Waals surface area contributed by atoms with Gasteiger partial charge in [0.05, 0.1) is 126 Å². The molecule has 0 aromatic heterocycles. The molecule has 0 saturated heterocycles. The summed E-state index contributed by atoms with van der Waals surface area (Å²) in [4.78, 5) is 0. The van der Waals surface area contributed by atoms with Crippen molar-refractivity contribution in [1.29, 1.82) is 0 Å². The average Bonchev–Trinajstić information content (AvgIpc) is 0.810. The molecule has 0 radical (unpaired) electrons. The van der Waals surface area contributed by atoms with Crippen LogP contribution in [0.5, 0.6) is 161 Å². The van der Waals surface area contributed by atoms with Gasteiger partial charge in [0.25, 0.3) is 0 Å². The second-order valence-electron chi connectivity index (χ2n) is 34.3. The maximum absolute atomic E-state index is 12.0. The van der Waals surface area contributed by atoms with E-state index in [0.717, 1.165) is 55.6 Å². The summed E-state index contributed by atoms with van der Waals surface area (Å²) in [5, 5.41) is 24.1. The van der Waals surface area contributed by atoms with E-state index in [2.05, 4.69) is 0 Å². The Balaban J connectivity index is 0.733. The van der Waals surface area contributed by atoms with Gasteiger partial charge in [-0.15, -0.1) is 0 Å². The fourth-order valence-electron chi connectivity index (χ4n) is 15.7. The zero-order valence-electron chi connectivity index (χ0n) is 86.9. The summed E-state index contributed by atoms with van der Waals surface area (Å²) in [5.74, 6) is 16.5. The molecule has 0 spiro atoms. The van der Waals surface area contributed by atoms with Crippen LogP contribution in [-0.2, 0) is 90.8 Å². The first-order valence-corrected chi connectivity index (χ1v) is 50.0. The van der Waals surface area contributed by atoms with Crippen LogP contribution in [0.4, 0.5) is 0 Å². The van der Waals surface area contributed by atoms with Crippen molar-refractivity contribution in [3.05, 3.63) is 333 Å². The van der Waals surface area contributed by atoms with Crippen molar-refractivity contribution in [3.8, 4) is 161 Å². The number of thioether (sulfide) groups is 2. The molecule has 0 bridgehead atoms. The summed E-state index contributed by atoms with van der Waals surface area (Å²) in [6.45, 7) is 1.43. The highest BCUT2D eigenvalue weighted by Gasteiger charge is 2.22. The lowest BCUT2D eigenvalue weighted by molar-refractivity contribution is 0.0500. The first kappa shape index (κ1) is 110. The van der Waals surface area contributed by atoms with Gasteiger partial charge in [-0.3, -0.25) is 0 Å². The lowest BCUT2D eigenvalue weighted by Crippen LogP contribution is -2.30. The smallest absolute Gasteiger partial charge is 0.123 e. The van der Waals surface area contributed by atoms with Crippen LogP contribution in [0, 0.1) is 0 Å². The highest BCUT2D eigenvalue weighted by Crippen LogP contribution is 2.40. The molecule has 0 saturated carbocycles. The first-order valence-electron chi connectivity index (χ1n) is 47.7. The molecule has 790 valence electrons. The summed E-state index contributed by atoms with van der Waals surface area (Å²) in [6, 6.07) is 78.2. The molecular weight excluding hydrogens is 1960 g/mol. The number of hydrogen-bond acceptors (Lipinski definition) is 32. The van der Waals surface area contributed by atoms with Crippen molar-refractivity contribution >= 4 is 23.5 Å². The Morgan fingerprint density at radius 3 is 0.320 bits per heavy atom. The predicted molar refractivity (Wildman–Crippen MR) is 571 cm³/mol. The fourth-order valence-corrected chi connectivity index (χ4v) is 17.7. The van der Waals surface area contributed by atoms with Gasteiger partial charge in [0, 0.05) is 108 Å². The Hall–Kier alpha value is -15.9. The first-order chi connectivity index (χ1) is 73.1. The second-order valence-corrected chi connectivity index (χ2v) is 36.3. The van der Waals surface area contributed by atoms with E-state index in [0.29, 0.717) is 195 Å². The zero-order chi connectivity index (χ0) is 106. The van der Waals surface area contributed by atoms with Crippen LogP contribution in [0.25, 0.3) is 0 Å². The van der Waals surface area contributed by atoms with E-state index >= 15 is 0 Å². The molecule has 32 heteroatoms. The summed E-state index contributed by atoms with van der Waals surface area (Å²) in [5.41, 5.74) is 10.8. The van der Waals surface area contributed by atoms with Gasteiger partial charge >= 0.3 is 0 Å². The molecule has 2 unspecified atom stereocenters. The van der Waals surface area contributed by atoms with E-state index in [1.807, 2.05) is 206 Å². The molecule has 30 nitrogen and oxygen atoms in total. The van der Waals surface area contributed by atoms with Crippen LogP contribution < -0.4 is 133 Å². The maximum atomic E-state index is 12.0. The predicted octanol–water partition coefficient (Wildman–Crippen LogP) is 22.7. The molecule has 0 aliphatic carbocycles. The fraction of sp³-hybridized carbons (Fsp3) is 0.288. The quantitative estimate of drug-likeness (QED) is 0.0358. The molecule has 2 atom stereocenters. The minimum Gasteiger partial charge on any atom is -0.497 e. The molecule has 0 aliphatic heterocycles. The molecule has 14 rings (SSSR count). The number of benzene rings is 14. The third kappa shape index (κ3) is 33.6. The number of aliphatic hydroxyl groups excluding tert-OH is 2.